The third-order valence-corrected chi connectivity index (χ3v) is 4.48. The fourth-order valence-electron chi connectivity index (χ4n) is 2.02. The molecule has 0 bridgehead atoms. The molecular formula is C15H19Cl2N3S. The number of pyridine rings is 1. The van der Waals surface area contributed by atoms with E-state index in [1.807, 2.05) is 6.92 Å². The summed E-state index contributed by atoms with van der Waals surface area (Å²) >= 11 is 14.3. The Morgan fingerprint density at radius 3 is 2.67 bits per heavy atom. The topological polar surface area (TPSA) is 28.2 Å². The van der Waals surface area contributed by atoms with Gasteiger partial charge in [0.25, 0.3) is 0 Å². The summed E-state index contributed by atoms with van der Waals surface area (Å²) in [5.41, 5.74) is 0. The second kappa shape index (κ2) is 7.34. The minimum Gasteiger partial charge on any atom is -0.369 e. The third-order valence-electron chi connectivity index (χ3n) is 3.06. The Bertz CT molecular complexity index is 585. The number of anilines is 2. The van der Waals surface area contributed by atoms with Crippen LogP contribution in [0.25, 0.3) is 0 Å². The van der Waals surface area contributed by atoms with Gasteiger partial charge in [-0.1, -0.05) is 29.3 Å². The molecule has 21 heavy (non-hydrogen) atoms. The van der Waals surface area contributed by atoms with Crippen LogP contribution in [0, 0.1) is 0 Å². The van der Waals surface area contributed by atoms with Crippen molar-refractivity contribution in [2.45, 2.75) is 33.4 Å². The minimum atomic E-state index is 0.285. The first-order valence-electron chi connectivity index (χ1n) is 6.91. The molecule has 2 heterocycles. The Hall–Kier alpha value is -0.970. The third kappa shape index (κ3) is 4.02. The highest BCUT2D eigenvalue weighted by molar-refractivity contribution is 7.09. The van der Waals surface area contributed by atoms with Crippen molar-refractivity contribution >= 4 is 46.2 Å². The van der Waals surface area contributed by atoms with E-state index in [0.717, 1.165) is 18.9 Å². The lowest BCUT2D eigenvalue weighted by molar-refractivity contribution is 0.677. The summed E-state index contributed by atoms with van der Waals surface area (Å²) in [6.45, 7) is 7.83. The molecule has 2 aromatic heterocycles. The predicted octanol–water partition coefficient (Wildman–Crippen LogP) is 5.30. The van der Waals surface area contributed by atoms with E-state index in [4.69, 9.17) is 23.2 Å². The lowest BCUT2D eigenvalue weighted by atomic mass is 10.2. The van der Waals surface area contributed by atoms with E-state index in [-0.39, 0.29) is 6.04 Å². The van der Waals surface area contributed by atoms with E-state index in [9.17, 15) is 0 Å². The molecule has 6 heteroatoms. The molecule has 0 aromatic carbocycles. The molecule has 2 rings (SSSR count). The number of halogens is 2. The van der Waals surface area contributed by atoms with Gasteiger partial charge in [0.1, 0.15) is 5.82 Å². The first kappa shape index (κ1) is 16.4. The predicted molar refractivity (Wildman–Crippen MR) is 94.1 cm³/mol. The molecule has 114 valence electrons. The van der Waals surface area contributed by atoms with E-state index in [1.165, 1.54) is 4.88 Å². The maximum atomic E-state index is 6.37. The van der Waals surface area contributed by atoms with Gasteiger partial charge in [0.15, 0.2) is 5.82 Å². The van der Waals surface area contributed by atoms with E-state index < -0.39 is 0 Å². The lowest BCUT2D eigenvalue weighted by Gasteiger charge is -2.28. The van der Waals surface area contributed by atoms with Crippen LogP contribution in [0.1, 0.15) is 25.6 Å². The summed E-state index contributed by atoms with van der Waals surface area (Å²) in [5, 5.41) is 6.37. The Labute approximate surface area is 139 Å². The number of hydrogen-bond acceptors (Lipinski definition) is 4. The van der Waals surface area contributed by atoms with Crippen LogP contribution in [0.2, 0.25) is 10.0 Å². The number of rotatable bonds is 6. The monoisotopic (exact) mass is 343 g/mol. The van der Waals surface area contributed by atoms with E-state index in [2.05, 4.69) is 46.6 Å². The highest BCUT2D eigenvalue weighted by atomic mass is 35.5. The van der Waals surface area contributed by atoms with Crippen molar-refractivity contribution in [1.29, 1.82) is 0 Å². The van der Waals surface area contributed by atoms with Crippen LogP contribution in [-0.4, -0.2) is 17.6 Å². The summed E-state index contributed by atoms with van der Waals surface area (Å²) in [6, 6.07) is 6.22. The standard InChI is InChI=1S/C15H19Cl2N3S/c1-4-18-14-12(16)8-13(17)15(19-14)20(10(2)3)9-11-6-5-7-21-11/h5-8,10H,4,9H2,1-3H3,(H,18,19). The number of nitrogens with one attached hydrogen (secondary N) is 1. The van der Waals surface area contributed by atoms with Crippen LogP contribution in [0.5, 0.6) is 0 Å². The van der Waals surface area contributed by atoms with Crippen LogP contribution < -0.4 is 10.2 Å². The summed E-state index contributed by atoms with van der Waals surface area (Å²) in [6.07, 6.45) is 0. The molecule has 0 aliphatic heterocycles. The second-order valence-corrected chi connectivity index (χ2v) is 6.80. The van der Waals surface area contributed by atoms with Crippen molar-refractivity contribution in [2.75, 3.05) is 16.8 Å². The molecule has 1 N–H and O–H groups in total. The molecule has 0 saturated heterocycles. The second-order valence-electron chi connectivity index (χ2n) is 4.96. The molecule has 0 aliphatic carbocycles. The van der Waals surface area contributed by atoms with Gasteiger partial charge in [0.2, 0.25) is 0 Å². The molecule has 0 saturated carbocycles. The summed E-state index contributed by atoms with van der Waals surface area (Å²) in [4.78, 5) is 8.08. The first-order valence-corrected chi connectivity index (χ1v) is 8.55. The lowest BCUT2D eigenvalue weighted by Crippen LogP contribution is -2.31. The first-order chi connectivity index (χ1) is 10.0. The van der Waals surface area contributed by atoms with E-state index >= 15 is 0 Å². The normalized spacial score (nSPS) is 11.0. The quantitative estimate of drug-likeness (QED) is 0.771. The highest BCUT2D eigenvalue weighted by Gasteiger charge is 2.18. The largest absolute Gasteiger partial charge is 0.369 e. The van der Waals surface area contributed by atoms with Gasteiger partial charge in [-0.25, -0.2) is 4.98 Å². The SMILES string of the molecule is CCNc1nc(N(Cc2cccs2)C(C)C)c(Cl)cc1Cl. The molecule has 2 aromatic rings. The van der Waals surface area contributed by atoms with Gasteiger partial charge < -0.3 is 10.2 Å². The Kier molecular flexibility index (Phi) is 5.73. The van der Waals surface area contributed by atoms with Gasteiger partial charge >= 0.3 is 0 Å². The van der Waals surface area contributed by atoms with Crippen LogP contribution in [0.15, 0.2) is 23.6 Å². The van der Waals surface area contributed by atoms with E-state index in [1.54, 1.807) is 17.4 Å². The van der Waals surface area contributed by atoms with Crippen molar-refractivity contribution in [3.8, 4) is 0 Å². The average molecular weight is 344 g/mol. The van der Waals surface area contributed by atoms with Crippen molar-refractivity contribution in [1.82, 2.24) is 4.98 Å². The van der Waals surface area contributed by atoms with Crippen LogP contribution in [0.4, 0.5) is 11.6 Å². The van der Waals surface area contributed by atoms with Gasteiger partial charge in [-0.15, -0.1) is 11.3 Å². The molecule has 0 spiro atoms. The minimum absolute atomic E-state index is 0.285. The molecule has 0 atom stereocenters. The van der Waals surface area contributed by atoms with Crippen LogP contribution >= 0.6 is 34.5 Å². The van der Waals surface area contributed by atoms with Gasteiger partial charge in [-0.3, -0.25) is 0 Å². The fourth-order valence-corrected chi connectivity index (χ4v) is 3.26. The summed E-state index contributed by atoms with van der Waals surface area (Å²) in [7, 11) is 0. The van der Waals surface area contributed by atoms with Crippen molar-refractivity contribution < 1.29 is 0 Å². The molecule has 0 amide bonds. The van der Waals surface area contributed by atoms with Gasteiger partial charge in [0.05, 0.1) is 16.6 Å². The molecule has 0 aliphatic rings. The zero-order valence-corrected chi connectivity index (χ0v) is 14.7. The Morgan fingerprint density at radius 2 is 2.10 bits per heavy atom. The van der Waals surface area contributed by atoms with Crippen LogP contribution in [0.3, 0.4) is 0 Å². The Morgan fingerprint density at radius 1 is 1.33 bits per heavy atom. The van der Waals surface area contributed by atoms with Crippen LogP contribution in [-0.2, 0) is 6.54 Å². The van der Waals surface area contributed by atoms with Crippen molar-refractivity contribution in [2.24, 2.45) is 0 Å². The molecule has 0 fully saturated rings. The number of thiophene rings is 1. The number of nitrogens with zero attached hydrogens (tertiary/aromatic N) is 2. The smallest absolute Gasteiger partial charge is 0.150 e. The van der Waals surface area contributed by atoms with Crippen molar-refractivity contribution in [3.05, 3.63) is 38.5 Å². The Balaban J connectivity index is 2.37. The maximum Gasteiger partial charge on any atom is 0.150 e. The van der Waals surface area contributed by atoms with Crippen molar-refractivity contribution in [3.63, 3.8) is 0 Å². The molecule has 0 radical (unpaired) electrons. The molecular weight excluding hydrogens is 325 g/mol. The highest BCUT2D eigenvalue weighted by Crippen LogP contribution is 2.33. The maximum absolute atomic E-state index is 6.37. The number of aromatic nitrogens is 1. The molecule has 0 unspecified atom stereocenters. The summed E-state index contributed by atoms with van der Waals surface area (Å²) in [5.74, 6) is 1.44. The average Bonchev–Trinajstić information content (AvgIpc) is 2.92. The zero-order valence-electron chi connectivity index (χ0n) is 12.4. The van der Waals surface area contributed by atoms with Gasteiger partial charge in [-0.2, -0.15) is 0 Å². The number of hydrogen-bond donors (Lipinski definition) is 1. The molecule has 3 nitrogen and oxygen atoms in total. The van der Waals surface area contributed by atoms with E-state index in [0.29, 0.717) is 15.9 Å². The van der Waals surface area contributed by atoms with Gasteiger partial charge in [0, 0.05) is 17.5 Å². The fraction of sp³-hybridized carbons (Fsp3) is 0.400. The summed E-state index contributed by atoms with van der Waals surface area (Å²) < 4.78 is 0. The zero-order chi connectivity index (χ0) is 15.4. The van der Waals surface area contributed by atoms with Gasteiger partial charge in [-0.05, 0) is 38.3 Å².